The van der Waals surface area contributed by atoms with Crippen LogP contribution >= 0.6 is 0 Å². The second-order valence-electron chi connectivity index (χ2n) is 8.53. The van der Waals surface area contributed by atoms with Gasteiger partial charge in [-0.1, -0.05) is 97.1 Å². The van der Waals surface area contributed by atoms with E-state index in [1.807, 2.05) is 60.7 Å². The summed E-state index contributed by atoms with van der Waals surface area (Å²) in [6.07, 6.45) is 3.27. The summed E-state index contributed by atoms with van der Waals surface area (Å²) in [5.41, 5.74) is 6.60. The van der Waals surface area contributed by atoms with E-state index in [0.717, 1.165) is 44.7 Å². The number of aliphatic imine (C=N–C) groups is 1. The van der Waals surface area contributed by atoms with Crippen LogP contribution in [-0.4, -0.2) is 23.3 Å². The van der Waals surface area contributed by atoms with Crippen molar-refractivity contribution in [2.45, 2.75) is 0 Å². The number of benzene rings is 4. The Morgan fingerprint density at radius 1 is 0.703 bits per heavy atom. The number of hydrogen-bond acceptors (Lipinski definition) is 5. The van der Waals surface area contributed by atoms with Crippen LogP contribution in [0.5, 0.6) is 5.75 Å². The van der Waals surface area contributed by atoms with E-state index >= 15 is 0 Å². The summed E-state index contributed by atoms with van der Waals surface area (Å²) in [6.45, 7) is 0. The standard InChI is InChI=1S/C32H23N3O2/c1-36-27-14-8-9-22(19-27)20-33-31-29-28(25-12-6-3-7-13-25)30(37-32(29)35-21-34-31)26-17-15-24(16-18-26)23-10-4-2-5-11-23/h2-21H,1H3. The highest BCUT2D eigenvalue weighted by atomic mass is 16.5. The SMILES string of the molecule is COc1cccc(C=Nc2ncnc3oc(-c4ccc(-c5ccccc5)cc4)c(-c4ccccc4)c23)c1. The lowest BCUT2D eigenvalue weighted by molar-refractivity contribution is 0.415. The molecular formula is C32H23N3O2. The van der Waals surface area contributed by atoms with Crippen LogP contribution in [-0.2, 0) is 0 Å². The first kappa shape index (κ1) is 22.4. The Kier molecular flexibility index (Phi) is 6.01. The molecule has 0 amide bonds. The lowest BCUT2D eigenvalue weighted by atomic mass is 9.97. The second kappa shape index (κ2) is 9.91. The second-order valence-corrected chi connectivity index (χ2v) is 8.53. The lowest BCUT2D eigenvalue weighted by Crippen LogP contribution is -1.87. The fourth-order valence-electron chi connectivity index (χ4n) is 4.40. The molecule has 2 aromatic heterocycles. The minimum Gasteiger partial charge on any atom is -0.497 e. The molecule has 0 N–H and O–H groups in total. The first-order valence-corrected chi connectivity index (χ1v) is 12.0. The largest absolute Gasteiger partial charge is 0.497 e. The van der Waals surface area contributed by atoms with Crippen LogP contribution in [0.1, 0.15) is 5.56 Å². The molecule has 5 nitrogen and oxygen atoms in total. The molecule has 0 saturated carbocycles. The molecule has 0 spiro atoms. The van der Waals surface area contributed by atoms with Crippen molar-refractivity contribution < 1.29 is 9.15 Å². The van der Waals surface area contributed by atoms with Gasteiger partial charge < -0.3 is 9.15 Å². The highest BCUT2D eigenvalue weighted by molar-refractivity contribution is 6.06. The number of furan rings is 1. The fraction of sp³-hybridized carbons (Fsp3) is 0.0312. The number of nitrogens with zero attached hydrogens (tertiary/aromatic N) is 3. The molecule has 0 bridgehead atoms. The maximum Gasteiger partial charge on any atom is 0.232 e. The third-order valence-electron chi connectivity index (χ3n) is 6.21. The number of hydrogen-bond donors (Lipinski definition) is 0. The van der Waals surface area contributed by atoms with E-state index in [1.165, 1.54) is 11.9 Å². The van der Waals surface area contributed by atoms with Crippen molar-refractivity contribution in [1.82, 2.24) is 9.97 Å². The zero-order chi connectivity index (χ0) is 25.0. The Balaban J connectivity index is 1.49. The van der Waals surface area contributed by atoms with Crippen molar-refractivity contribution in [3.8, 4) is 39.3 Å². The van der Waals surface area contributed by atoms with Gasteiger partial charge in [0.2, 0.25) is 5.71 Å². The van der Waals surface area contributed by atoms with Crippen molar-refractivity contribution >= 4 is 23.1 Å². The number of aromatic nitrogens is 2. The fourth-order valence-corrected chi connectivity index (χ4v) is 4.40. The van der Waals surface area contributed by atoms with E-state index in [9.17, 15) is 0 Å². The van der Waals surface area contributed by atoms with Gasteiger partial charge in [0.15, 0.2) is 5.82 Å². The number of methoxy groups -OCH3 is 1. The molecule has 0 atom stereocenters. The summed E-state index contributed by atoms with van der Waals surface area (Å²) in [7, 11) is 1.65. The van der Waals surface area contributed by atoms with Gasteiger partial charge in [0.1, 0.15) is 17.8 Å². The van der Waals surface area contributed by atoms with E-state index < -0.39 is 0 Å². The molecule has 178 valence electrons. The van der Waals surface area contributed by atoms with Crippen molar-refractivity contribution in [3.63, 3.8) is 0 Å². The highest BCUT2D eigenvalue weighted by Crippen LogP contribution is 2.43. The van der Waals surface area contributed by atoms with Gasteiger partial charge in [0, 0.05) is 17.3 Å². The molecule has 37 heavy (non-hydrogen) atoms. The first-order valence-electron chi connectivity index (χ1n) is 12.0. The molecule has 5 heteroatoms. The molecular weight excluding hydrogens is 458 g/mol. The van der Waals surface area contributed by atoms with E-state index in [1.54, 1.807) is 13.3 Å². The van der Waals surface area contributed by atoms with E-state index in [2.05, 4.69) is 58.5 Å². The van der Waals surface area contributed by atoms with Crippen LogP contribution in [0.3, 0.4) is 0 Å². The van der Waals surface area contributed by atoms with Crippen LogP contribution in [0, 0.1) is 0 Å². The van der Waals surface area contributed by atoms with Crippen LogP contribution in [0.25, 0.3) is 44.7 Å². The summed E-state index contributed by atoms with van der Waals surface area (Å²) in [5.74, 6) is 2.05. The number of fused-ring (bicyclic) bond motifs is 1. The van der Waals surface area contributed by atoms with Gasteiger partial charge in [-0.05, 0) is 34.4 Å². The van der Waals surface area contributed by atoms with Crippen molar-refractivity contribution in [2.24, 2.45) is 4.99 Å². The Morgan fingerprint density at radius 3 is 2.11 bits per heavy atom. The molecule has 2 heterocycles. The van der Waals surface area contributed by atoms with E-state index in [-0.39, 0.29) is 0 Å². The van der Waals surface area contributed by atoms with Gasteiger partial charge in [0.05, 0.1) is 12.5 Å². The van der Waals surface area contributed by atoms with Crippen molar-refractivity contribution in [3.05, 3.63) is 121 Å². The summed E-state index contributed by atoms with van der Waals surface area (Å²) >= 11 is 0. The van der Waals surface area contributed by atoms with Crippen LogP contribution < -0.4 is 4.74 Å². The molecule has 0 aliphatic heterocycles. The molecule has 0 radical (unpaired) electrons. The average molecular weight is 482 g/mol. The zero-order valence-electron chi connectivity index (χ0n) is 20.2. The molecule has 0 aliphatic rings. The maximum atomic E-state index is 6.37. The normalized spacial score (nSPS) is 11.3. The summed E-state index contributed by atoms with van der Waals surface area (Å²) in [6, 6.07) is 36.6. The summed E-state index contributed by atoms with van der Waals surface area (Å²) in [4.78, 5) is 13.7. The zero-order valence-corrected chi connectivity index (χ0v) is 20.2. The summed E-state index contributed by atoms with van der Waals surface area (Å²) < 4.78 is 11.7. The third-order valence-corrected chi connectivity index (χ3v) is 6.21. The van der Waals surface area contributed by atoms with Crippen molar-refractivity contribution in [1.29, 1.82) is 0 Å². The van der Waals surface area contributed by atoms with Crippen LogP contribution in [0.2, 0.25) is 0 Å². The van der Waals surface area contributed by atoms with Gasteiger partial charge in [0.25, 0.3) is 0 Å². The Bertz CT molecular complexity index is 1690. The number of rotatable bonds is 6. The molecule has 0 fully saturated rings. The predicted molar refractivity (Wildman–Crippen MR) is 148 cm³/mol. The quantitative estimate of drug-likeness (QED) is 0.226. The van der Waals surface area contributed by atoms with E-state index in [4.69, 9.17) is 14.1 Å². The maximum absolute atomic E-state index is 6.37. The van der Waals surface area contributed by atoms with Crippen LogP contribution in [0.15, 0.2) is 125 Å². The Hall–Kier alpha value is -5.03. The minimum absolute atomic E-state index is 0.494. The molecule has 0 saturated heterocycles. The molecule has 0 unspecified atom stereocenters. The smallest absolute Gasteiger partial charge is 0.232 e. The van der Waals surface area contributed by atoms with Gasteiger partial charge >= 0.3 is 0 Å². The van der Waals surface area contributed by atoms with Gasteiger partial charge in [-0.3, -0.25) is 0 Å². The molecule has 4 aromatic carbocycles. The first-order chi connectivity index (χ1) is 18.3. The Labute approximate surface area is 214 Å². The molecule has 6 rings (SSSR count). The molecule has 6 aromatic rings. The van der Waals surface area contributed by atoms with Gasteiger partial charge in [-0.2, -0.15) is 0 Å². The third kappa shape index (κ3) is 4.50. The van der Waals surface area contributed by atoms with Crippen LogP contribution in [0.4, 0.5) is 5.82 Å². The monoisotopic (exact) mass is 481 g/mol. The topological polar surface area (TPSA) is 60.5 Å². The van der Waals surface area contributed by atoms with Gasteiger partial charge in [-0.15, -0.1) is 0 Å². The highest BCUT2D eigenvalue weighted by Gasteiger charge is 2.22. The Morgan fingerprint density at radius 2 is 1.38 bits per heavy atom. The van der Waals surface area contributed by atoms with Crippen molar-refractivity contribution in [2.75, 3.05) is 7.11 Å². The molecule has 0 aliphatic carbocycles. The van der Waals surface area contributed by atoms with Gasteiger partial charge in [-0.25, -0.2) is 15.0 Å². The summed E-state index contributed by atoms with van der Waals surface area (Å²) in [5, 5.41) is 0.773. The number of ether oxygens (including phenoxy) is 1. The average Bonchev–Trinajstić information content (AvgIpc) is 3.37. The lowest BCUT2D eigenvalue weighted by Gasteiger charge is -2.06. The van der Waals surface area contributed by atoms with E-state index in [0.29, 0.717) is 11.5 Å². The predicted octanol–water partition coefficient (Wildman–Crippen LogP) is 7.98. The minimum atomic E-state index is 0.494.